The van der Waals surface area contributed by atoms with Crippen molar-refractivity contribution >= 4 is 11.0 Å². The highest BCUT2D eigenvalue weighted by Crippen LogP contribution is 2.03. The lowest BCUT2D eigenvalue weighted by atomic mass is 10.3. The number of benzene rings is 1. The van der Waals surface area contributed by atoms with E-state index in [-0.39, 0.29) is 0 Å². The van der Waals surface area contributed by atoms with E-state index in [4.69, 9.17) is 0 Å². The highest BCUT2D eigenvalue weighted by atomic mass is 15.3. The summed E-state index contributed by atoms with van der Waals surface area (Å²) in [4.78, 5) is 0. The molecule has 2 heterocycles. The second-order valence-corrected chi connectivity index (χ2v) is 3.35. The number of aromatic nitrogens is 3. The molecular weight excluding hydrogens is 176 g/mol. The lowest BCUT2D eigenvalue weighted by Gasteiger charge is -1.82. The van der Waals surface area contributed by atoms with Crippen LogP contribution in [0.5, 0.6) is 0 Å². The summed E-state index contributed by atoms with van der Waals surface area (Å²) in [6, 6.07) is 7.60. The van der Waals surface area contributed by atoms with Crippen LogP contribution in [0.3, 0.4) is 0 Å². The molecule has 0 radical (unpaired) electrons. The van der Waals surface area contributed by atoms with Crippen molar-refractivity contribution in [1.82, 2.24) is 15.4 Å². The van der Waals surface area contributed by atoms with Crippen LogP contribution in [0.15, 0.2) is 24.3 Å². The number of nitrogens with zero attached hydrogens (tertiary/aromatic N) is 3. The number of nitrogens with two attached hydrogens (primary N) is 1. The van der Waals surface area contributed by atoms with E-state index >= 15 is 0 Å². The summed E-state index contributed by atoms with van der Waals surface area (Å²) in [5.74, 6) is 0. The third-order valence-corrected chi connectivity index (χ3v) is 2.25. The summed E-state index contributed by atoms with van der Waals surface area (Å²) < 4.78 is 0. The molecule has 3 rings (SSSR count). The molecule has 1 saturated heterocycles. The van der Waals surface area contributed by atoms with E-state index in [0.29, 0.717) is 0 Å². The zero-order chi connectivity index (χ0) is 9.64. The maximum atomic E-state index is 3.76. The summed E-state index contributed by atoms with van der Waals surface area (Å²) in [6.07, 6.45) is 2.89. The first-order valence-electron chi connectivity index (χ1n) is 4.99. The van der Waals surface area contributed by atoms with Gasteiger partial charge in [0.25, 0.3) is 0 Å². The monoisotopic (exact) mass is 190 g/mol. The Kier molecular flexibility index (Phi) is 3.08. The van der Waals surface area contributed by atoms with Gasteiger partial charge in [-0.05, 0) is 12.1 Å². The van der Waals surface area contributed by atoms with E-state index in [1.165, 1.54) is 25.9 Å². The molecule has 2 N–H and O–H groups in total. The van der Waals surface area contributed by atoms with Crippen molar-refractivity contribution < 1.29 is 5.32 Å². The first kappa shape index (κ1) is 9.15. The molecule has 0 saturated carbocycles. The second-order valence-electron chi connectivity index (χ2n) is 3.35. The van der Waals surface area contributed by atoms with Crippen molar-refractivity contribution in [1.29, 1.82) is 0 Å². The Balaban J connectivity index is 0.000000128. The van der Waals surface area contributed by atoms with Crippen LogP contribution in [-0.2, 0) is 0 Å². The van der Waals surface area contributed by atoms with Crippen LogP contribution in [0.25, 0.3) is 11.0 Å². The van der Waals surface area contributed by atoms with Gasteiger partial charge < -0.3 is 20.7 Å². The van der Waals surface area contributed by atoms with E-state index in [1.54, 1.807) is 0 Å². The van der Waals surface area contributed by atoms with E-state index in [9.17, 15) is 0 Å². The normalized spacial score (nSPS) is 15.1. The second kappa shape index (κ2) is 4.72. The molecule has 14 heavy (non-hydrogen) atoms. The molecule has 0 unspecified atom stereocenters. The van der Waals surface area contributed by atoms with Crippen LogP contribution in [0.1, 0.15) is 12.8 Å². The fourth-order valence-corrected chi connectivity index (χ4v) is 1.47. The molecule has 4 nitrogen and oxygen atoms in total. The zero-order valence-electron chi connectivity index (χ0n) is 8.06. The standard InChI is InChI=1S/C6H4N3.C4H9N/c1-2-4-6-5(3-1)7-9-8-6;1-2-4-5-3-1/h1-4H;5H,1-4H2/q-1;/p+1. The first-order valence-corrected chi connectivity index (χ1v) is 4.99. The summed E-state index contributed by atoms with van der Waals surface area (Å²) >= 11 is 0. The summed E-state index contributed by atoms with van der Waals surface area (Å²) in [5, 5.41) is 13.4. The Morgan fingerprint density at radius 3 is 2.00 bits per heavy atom. The zero-order valence-corrected chi connectivity index (χ0v) is 8.06. The van der Waals surface area contributed by atoms with Crippen LogP contribution in [0.4, 0.5) is 0 Å². The molecule has 0 amide bonds. The Bertz CT molecular complexity index is 340. The van der Waals surface area contributed by atoms with Crippen LogP contribution >= 0.6 is 0 Å². The number of rotatable bonds is 0. The number of fused-ring (bicyclic) bond motifs is 1. The van der Waals surface area contributed by atoms with Gasteiger partial charge in [-0.2, -0.15) is 0 Å². The predicted octanol–water partition coefficient (Wildman–Crippen LogP) is -0.0694. The van der Waals surface area contributed by atoms with Gasteiger partial charge in [0, 0.05) is 12.8 Å². The minimum absolute atomic E-state index is 0.859. The molecule has 1 aromatic heterocycles. The van der Waals surface area contributed by atoms with Crippen molar-refractivity contribution in [3.05, 3.63) is 24.3 Å². The molecule has 2 aromatic rings. The Morgan fingerprint density at radius 1 is 1.00 bits per heavy atom. The highest BCUT2D eigenvalue weighted by molar-refractivity contribution is 5.72. The van der Waals surface area contributed by atoms with Crippen LogP contribution in [0.2, 0.25) is 0 Å². The fourth-order valence-electron chi connectivity index (χ4n) is 1.47. The minimum Gasteiger partial charge on any atom is -0.492 e. The fraction of sp³-hybridized carbons (Fsp3) is 0.400. The SMILES string of the molecule is C1CC[NH2+]C1.c1ccc2n[n-]nc2c1. The molecule has 1 aromatic carbocycles. The molecular formula is C10H14N4. The van der Waals surface area contributed by atoms with Gasteiger partial charge in [-0.25, -0.2) is 0 Å². The van der Waals surface area contributed by atoms with Gasteiger partial charge in [-0.3, -0.25) is 0 Å². The quantitative estimate of drug-likeness (QED) is 0.632. The lowest BCUT2D eigenvalue weighted by molar-refractivity contribution is -0.635. The predicted molar refractivity (Wildman–Crippen MR) is 53.8 cm³/mol. The number of quaternary nitrogens is 1. The van der Waals surface area contributed by atoms with Crippen LogP contribution < -0.4 is 10.5 Å². The van der Waals surface area contributed by atoms with Gasteiger partial charge in [0.05, 0.1) is 24.1 Å². The highest BCUT2D eigenvalue weighted by Gasteiger charge is 1.97. The van der Waals surface area contributed by atoms with Crippen molar-refractivity contribution in [3.8, 4) is 0 Å². The number of hydrogen-bond acceptors (Lipinski definition) is 2. The van der Waals surface area contributed by atoms with Crippen molar-refractivity contribution in [2.45, 2.75) is 12.8 Å². The molecule has 0 spiro atoms. The van der Waals surface area contributed by atoms with Crippen LogP contribution in [0, 0.1) is 0 Å². The van der Waals surface area contributed by atoms with Gasteiger partial charge in [-0.1, -0.05) is 12.1 Å². The maximum Gasteiger partial charge on any atom is 0.0757 e. The van der Waals surface area contributed by atoms with Crippen molar-refractivity contribution in [2.75, 3.05) is 13.1 Å². The van der Waals surface area contributed by atoms with Gasteiger partial charge in [0.2, 0.25) is 0 Å². The minimum atomic E-state index is 0.859. The van der Waals surface area contributed by atoms with Gasteiger partial charge in [0.1, 0.15) is 0 Å². The van der Waals surface area contributed by atoms with Gasteiger partial charge in [0.15, 0.2) is 0 Å². The molecule has 1 fully saturated rings. The summed E-state index contributed by atoms with van der Waals surface area (Å²) in [7, 11) is 0. The van der Waals surface area contributed by atoms with Crippen molar-refractivity contribution in [3.63, 3.8) is 0 Å². The smallest absolute Gasteiger partial charge is 0.0757 e. The summed E-state index contributed by atoms with van der Waals surface area (Å²) in [6.45, 7) is 2.75. The summed E-state index contributed by atoms with van der Waals surface area (Å²) in [5.41, 5.74) is 1.72. The molecule has 0 bridgehead atoms. The molecule has 1 aliphatic rings. The Hall–Kier alpha value is -1.42. The largest absolute Gasteiger partial charge is 0.492 e. The third-order valence-electron chi connectivity index (χ3n) is 2.25. The Morgan fingerprint density at radius 2 is 1.57 bits per heavy atom. The molecule has 4 heteroatoms. The van der Waals surface area contributed by atoms with E-state index in [1.807, 2.05) is 24.3 Å². The van der Waals surface area contributed by atoms with E-state index in [0.717, 1.165) is 11.0 Å². The average molecular weight is 190 g/mol. The third kappa shape index (κ3) is 2.29. The van der Waals surface area contributed by atoms with Crippen LogP contribution in [-0.4, -0.2) is 23.3 Å². The maximum absolute atomic E-state index is 3.76. The van der Waals surface area contributed by atoms with E-state index < -0.39 is 0 Å². The lowest BCUT2D eigenvalue weighted by Crippen LogP contribution is -2.80. The molecule has 0 aliphatic carbocycles. The molecule has 0 atom stereocenters. The first-order chi connectivity index (χ1) is 6.97. The van der Waals surface area contributed by atoms with Crippen molar-refractivity contribution in [2.24, 2.45) is 0 Å². The van der Waals surface area contributed by atoms with Gasteiger partial charge >= 0.3 is 0 Å². The molecule has 1 aliphatic heterocycles. The van der Waals surface area contributed by atoms with Gasteiger partial charge in [-0.15, -0.1) is 0 Å². The molecule has 74 valence electrons. The number of hydrogen-bond donors (Lipinski definition) is 1. The Labute approximate surface area is 82.7 Å². The topological polar surface area (TPSA) is 56.5 Å². The average Bonchev–Trinajstić information content (AvgIpc) is 2.92. The van der Waals surface area contributed by atoms with E-state index in [2.05, 4.69) is 20.7 Å².